The topological polar surface area (TPSA) is 90.9 Å². The number of rotatable bonds is 4. The maximum absolute atomic E-state index is 12.8. The summed E-state index contributed by atoms with van der Waals surface area (Å²) in [7, 11) is -5.86. The lowest BCUT2D eigenvalue weighted by Gasteiger charge is -2.13. The molecule has 0 spiro atoms. The summed E-state index contributed by atoms with van der Waals surface area (Å²) < 4.78 is 65.5. The van der Waals surface area contributed by atoms with Crippen LogP contribution in [0.5, 0.6) is 5.75 Å². The van der Waals surface area contributed by atoms with Gasteiger partial charge in [0, 0.05) is 0 Å². The maximum atomic E-state index is 12.8. The van der Waals surface area contributed by atoms with Crippen LogP contribution in [-0.4, -0.2) is 13.9 Å². The minimum absolute atomic E-state index is 0.383. The zero-order chi connectivity index (χ0) is 21.9. The Morgan fingerprint density at radius 1 is 0.700 bits per heavy atom. The van der Waals surface area contributed by atoms with Gasteiger partial charge in [0.25, 0.3) is 0 Å². The summed E-state index contributed by atoms with van der Waals surface area (Å²) in [5.41, 5.74) is -2.96. The fourth-order valence-corrected chi connectivity index (χ4v) is 3.07. The van der Waals surface area contributed by atoms with Crippen LogP contribution in [0.2, 0.25) is 0 Å². The predicted molar refractivity (Wildman–Crippen MR) is 102 cm³/mol. The average Bonchev–Trinajstić information content (AvgIpc) is 2.72. The number of hydrogen-bond donors (Lipinski definition) is 0. The van der Waals surface area contributed by atoms with E-state index < -0.39 is 21.4 Å². The lowest BCUT2D eigenvalue weighted by molar-refractivity contribution is -0.0500. The van der Waals surface area contributed by atoms with E-state index in [0.717, 1.165) is 12.1 Å². The average molecular weight is 428 g/mol. The van der Waals surface area contributed by atoms with Crippen LogP contribution in [0.1, 0.15) is 11.1 Å². The molecule has 0 aliphatic heterocycles. The SMILES string of the molecule is N#Cc1ccc(-c2cc(OS(=O)(=O)C(F)(F)F)cc(-c3ccc(C#N)cc3)c2)cc1. The highest BCUT2D eigenvalue weighted by molar-refractivity contribution is 7.88. The van der Waals surface area contributed by atoms with E-state index in [1.54, 1.807) is 30.3 Å². The van der Waals surface area contributed by atoms with Gasteiger partial charge < -0.3 is 4.18 Å². The van der Waals surface area contributed by atoms with Crippen LogP contribution in [0.3, 0.4) is 0 Å². The number of halogens is 3. The van der Waals surface area contributed by atoms with Crippen molar-refractivity contribution in [2.45, 2.75) is 5.51 Å². The zero-order valence-corrected chi connectivity index (χ0v) is 15.8. The van der Waals surface area contributed by atoms with Crippen LogP contribution in [0.4, 0.5) is 13.2 Å². The van der Waals surface area contributed by atoms with Crippen LogP contribution < -0.4 is 4.18 Å². The second kappa shape index (κ2) is 7.90. The van der Waals surface area contributed by atoms with Gasteiger partial charge in [-0.15, -0.1) is 0 Å². The summed E-state index contributed by atoms with van der Waals surface area (Å²) in [5, 5.41) is 17.8. The normalized spacial score (nSPS) is 11.4. The van der Waals surface area contributed by atoms with E-state index in [1.807, 2.05) is 12.1 Å². The predicted octanol–water partition coefficient (Wildman–Crippen LogP) is 4.99. The van der Waals surface area contributed by atoms with E-state index in [-0.39, 0.29) is 0 Å². The summed E-state index contributed by atoms with van der Waals surface area (Å²) in [6.45, 7) is 0. The second-order valence-electron chi connectivity index (χ2n) is 6.11. The smallest absolute Gasteiger partial charge is 0.376 e. The van der Waals surface area contributed by atoms with Crippen molar-refractivity contribution < 1.29 is 25.8 Å². The standard InChI is InChI=1S/C21H11F3N2O3S/c22-21(23,24)30(27,28)29-20-10-18(16-5-1-14(12-25)2-6-16)9-19(11-20)17-7-3-15(13-26)4-8-17/h1-11H. The van der Waals surface area contributed by atoms with Gasteiger partial charge in [0.15, 0.2) is 0 Å². The van der Waals surface area contributed by atoms with Gasteiger partial charge in [0.1, 0.15) is 5.75 Å². The van der Waals surface area contributed by atoms with Gasteiger partial charge in [-0.1, -0.05) is 24.3 Å². The van der Waals surface area contributed by atoms with E-state index >= 15 is 0 Å². The fourth-order valence-electron chi connectivity index (χ4n) is 2.63. The Bertz CT molecular complexity index is 1190. The summed E-state index contributed by atoms with van der Waals surface area (Å²) >= 11 is 0. The Hall–Kier alpha value is -3.82. The molecule has 0 aromatic heterocycles. The molecule has 0 heterocycles. The van der Waals surface area contributed by atoms with E-state index in [0.29, 0.717) is 33.4 Å². The lowest BCUT2D eigenvalue weighted by Crippen LogP contribution is -2.28. The Kier molecular flexibility index (Phi) is 5.50. The Balaban J connectivity index is 2.14. The number of hydrogen-bond acceptors (Lipinski definition) is 5. The van der Waals surface area contributed by atoms with Gasteiger partial charge in [0.2, 0.25) is 0 Å². The van der Waals surface area contributed by atoms with Gasteiger partial charge in [-0.2, -0.15) is 32.1 Å². The first-order chi connectivity index (χ1) is 14.1. The molecule has 0 fully saturated rings. The molecule has 0 saturated carbocycles. The van der Waals surface area contributed by atoms with Crippen LogP contribution in [0.25, 0.3) is 22.3 Å². The lowest BCUT2D eigenvalue weighted by atomic mass is 9.97. The monoisotopic (exact) mass is 428 g/mol. The van der Waals surface area contributed by atoms with Gasteiger partial charge in [-0.3, -0.25) is 0 Å². The van der Waals surface area contributed by atoms with Crippen molar-refractivity contribution in [2.24, 2.45) is 0 Å². The molecule has 0 atom stereocenters. The molecule has 3 aromatic carbocycles. The van der Waals surface area contributed by atoms with Gasteiger partial charge in [0.05, 0.1) is 23.3 Å². The molecule has 0 amide bonds. The van der Waals surface area contributed by atoms with E-state index in [9.17, 15) is 21.6 Å². The Morgan fingerprint density at radius 2 is 1.10 bits per heavy atom. The third-order valence-corrected chi connectivity index (χ3v) is 5.07. The molecule has 3 rings (SSSR count). The van der Waals surface area contributed by atoms with Crippen LogP contribution in [0, 0.1) is 22.7 Å². The molecular formula is C21H11F3N2O3S. The van der Waals surface area contributed by atoms with Gasteiger partial charge in [-0.05, 0) is 64.7 Å². The van der Waals surface area contributed by atoms with Crippen molar-refractivity contribution in [2.75, 3.05) is 0 Å². The summed E-state index contributed by atoms with van der Waals surface area (Å²) in [6, 6.07) is 20.3. The molecule has 0 aliphatic rings. The summed E-state index contributed by atoms with van der Waals surface area (Å²) in [4.78, 5) is 0. The molecule has 5 nitrogen and oxygen atoms in total. The van der Waals surface area contributed by atoms with Crippen molar-refractivity contribution >= 4 is 10.1 Å². The number of nitriles is 2. The largest absolute Gasteiger partial charge is 0.534 e. The van der Waals surface area contributed by atoms with E-state index in [2.05, 4.69) is 4.18 Å². The molecule has 0 bridgehead atoms. The molecule has 0 N–H and O–H groups in total. The quantitative estimate of drug-likeness (QED) is 0.431. The molecule has 0 aliphatic carbocycles. The number of nitrogens with zero attached hydrogens (tertiary/aromatic N) is 2. The third kappa shape index (κ3) is 4.43. The van der Waals surface area contributed by atoms with Crippen molar-refractivity contribution in [3.05, 3.63) is 77.9 Å². The van der Waals surface area contributed by atoms with Gasteiger partial charge in [-0.25, -0.2) is 0 Å². The second-order valence-corrected chi connectivity index (χ2v) is 7.65. The summed E-state index contributed by atoms with van der Waals surface area (Å²) in [6.07, 6.45) is 0. The summed E-state index contributed by atoms with van der Waals surface area (Å²) in [5.74, 6) is -0.520. The Morgan fingerprint density at radius 3 is 1.43 bits per heavy atom. The Labute approximate surface area is 170 Å². The first-order valence-electron chi connectivity index (χ1n) is 8.30. The molecule has 30 heavy (non-hydrogen) atoms. The molecular weight excluding hydrogens is 417 g/mol. The minimum atomic E-state index is -5.86. The van der Waals surface area contributed by atoms with E-state index in [4.69, 9.17) is 10.5 Å². The highest BCUT2D eigenvalue weighted by Crippen LogP contribution is 2.34. The van der Waals surface area contributed by atoms with Gasteiger partial charge >= 0.3 is 15.6 Å². The maximum Gasteiger partial charge on any atom is 0.534 e. The van der Waals surface area contributed by atoms with Crippen molar-refractivity contribution in [3.8, 4) is 40.1 Å². The fraction of sp³-hybridized carbons (Fsp3) is 0.0476. The molecule has 3 aromatic rings. The van der Waals surface area contributed by atoms with Crippen molar-refractivity contribution in [1.82, 2.24) is 0 Å². The van der Waals surface area contributed by atoms with E-state index in [1.165, 1.54) is 24.3 Å². The third-order valence-electron chi connectivity index (χ3n) is 4.09. The minimum Gasteiger partial charge on any atom is -0.376 e. The van der Waals surface area contributed by atoms with Crippen LogP contribution in [0.15, 0.2) is 66.7 Å². The molecule has 0 saturated heterocycles. The molecule has 150 valence electrons. The van der Waals surface area contributed by atoms with Crippen LogP contribution >= 0.6 is 0 Å². The first kappa shape index (κ1) is 20.9. The molecule has 0 unspecified atom stereocenters. The van der Waals surface area contributed by atoms with Crippen molar-refractivity contribution in [3.63, 3.8) is 0 Å². The highest BCUT2D eigenvalue weighted by Gasteiger charge is 2.48. The first-order valence-corrected chi connectivity index (χ1v) is 9.71. The molecule has 0 radical (unpaired) electrons. The zero-order valence-electron chi connectivity index (χ0n) is 15.0. The highest BCUT2D eigenvalue weighted by atomic mass is 32.2. The molecule has 9 heteroatoms. The number of benzene rings is 3. The number of alkyl halides is 3. The van der Waals surface area contributed by atoms with Crippen LogP contribution in [-0.2, 0) is 10.1 Å². The van der Waals surface area contributed by atoms with Crippen molar-refractivity contribution in [1.29, 1.82) is 10.5 Å².